The molecule has 0 aromatic heterocycles. The summed E-state index contributed by atoms with van der Waals surface area (Å²) in [6.07, 6.45) is 0.928. The second-order valence-corrected chi connectivity index (χ2v) is 4.03. The van der Waals surface area contributed by atoms with E-state index in [1.807, 2.05) is 0 Å². The Hall–Kier alpha value is -0.860. The maximum Gasteiger partial charge on any atom is 0.0720 e. The Kier molecular flexibility index (Phi) is 2.57. The number of fused-ring (bicyclic) bond motifs is 1. The van der Waals surface area contributed by atoms with Crippen molar-refractivity contribution in [3.05, 3.63) is 34.4 Å². The van der Waals surface area contributed by atoms with E-state index in [2.05, 4.69) is 26.0 Å². The van der Waals surface area contributed by atoms with Gasteiger partial charge in [-0.15, -0.1) is 0 Å². The highest BCUT2D eigenvalue weighted by molar-refractivity contribution is 5.41. The number of ether oxygens (including phenoxy) is 1. The van der Waals surface area contributed by atoms with E-state index in [0.29, 0.717) is 6.61 Å². The van der Waals surface area contributed by atoms with Crippen molar-refractivity contribution in [1.29, 1.82) is 0 Å². The lowest BCUT2D eigenvalue weighted by Crippen LogP contribution is -2.13. The van der Waals surface area contributed by atoms with Gasteiger partial charge < -0.3 is 10.5 Å². The van der Waals surface area contributed by atoms with Crippen LogP contribution in [0.15, 0.2) is 12.1 Å². The van der Waals surface area contributed by atoms with Gasteiger partial charge in [0.2, 0.25) is 0 Å². The van der Waals surface area contributed by atoms with Gasteiger partial charge in [0, 0.05) is 12.6 Å². The van der Waals surface area contributed by atoms with Gasteiger partial charge in [0.1, 0.15) is 0 Å². The van der Waals surface area contributed by atoms with Gasteiger partial charge in [-0.2, -0.15) is 0 Å². The van der Waals surface area contributed by atoms with E-state index in [9.17, 15) is 0 Å². The molecule has 0 spiro atoms. The molecule has 1 unspecified atom stereocenters. The Labute approximate surface area is 85.1 Å². The number of benzene rings is 1. The summed E-state index contributed by atoms with van der Waals surface area (Å²) in [5.41, 5.74) is 11.4. The number of hydrogen-bond acceptors (Lipinski definition) is 2. The summed E-state index contributed by atoms with van der Waals surface area (Å²) in [4.78, 5) is 0. The van der Waals surface area contributed by atoms with Crippen molar-refractivity contribution in [3.8, 4) is 0 Å². The molecule has 1 heterocycles. The largest absolute Gasteiger partial charge is 0.377 e. The first-order valence-corrected chi connectivity index (χ1v) is 5.12. The minimum atomic E-state index is 0.146. The molecule has 0 aliphatic carbocycles. The molecule has 0 bridgehead atoms. The molecule has 0 amide bonds. The molecule has 1 aromatic rings. The lowest BCUT2D eigenvalue weighted by molar-refractivity contribution is 0.122. The van der Waals surface area contributed by atoms with E-state index in [4.69, 9.17) is 10.5 Å². The van der Waals surface area contributed by atoms with Crippen molar-refractivity contribution in [3.63, 3.8) is 0 Å². The first kappa shape index (κ1) is 9.69. The highest BCUT2D eigenvalue weighted by Gasteiger charge is 2.18. The van der Waals surface area contributed by atoms with Crippen LogP contribution in [0.3, 0.4) is 0 Å². The third-order valence-corrected chi connectivity index (χ3v) is 3.08. The van der Waals surface area contributed by atoms with Gasteiger partial charge in [-0.1, -0.05) is 12.1 Å². The van der Waals surface area contributed by atoms with Crippen molar-refractivity contribution in [2.24, 2.45) is 5.73 Å². The normalized spacial score (nSPS) is 21.5. The maximum atomic E-state index is 6.14. The van der Waals surface area contributed by atoms with Crippen LogP contribution >= 0.6 is 0 Å². The lowest BCUT2D eigenvalue weighted by atomic mass is 9.92. The summed E-state index contributed by atoms with van der Waals surface area (Å²) in [6.45, 7) is 5.77. The van der Waals surface area contributed by atoms with E-state index in [0.717, 1.165) is 13.0 Å². The minimum absolute atomic E-state index is 0.146. The first-order valence-electron chi connectivity index (χ1n) is 5.12. The standard InChI is InChI=1S/C12H17NO/c1-8-3-4-10-7-14-6-5-11(13)12(10)9(8)2/h3-4,11H,5-7,13H2,1-2H3. The second kappa shape index (κ2) is 3.71. The van der Waals surface area contributed by atoms with Crippen molar-refractivity contribution in [2.45, 2.75) is 32.9 Å². The fraction of sp³-hybridized carbons (Fsp3) is 0.500. The fourth-order valence-corrected chi connectivity index (χ4v) is 2.07. The number of hydrogen-bond donors (Lipinski definition) is 1. The van der Waals surface area contributed by atoms with Crippen LogP contribution in [0.4, 0.5) is 0 Å². The van der Waals surface area contributed by atoms with Crippen molar-refractivity contribution in [2.75, 3.05) is 6.61 Å². The second-order valence-electron chi connectivity index (χ2n) is 4.03. The summed E-state index contributed by atoms with van der Waals surface area (Å²) in [7, 11) is 0. The van der Waals surface area contributed by atoms with Gasteiger partial charge in [-0.3, -0.25) is 0 Å². The molecule has 0 saturated heterocycles. The van der Waals surface area contributed by atoms with Crippen molar-refractivity contribution in [1.82, 2.24) is 0 Å². The van der Waals surface area contributed by atoms with E-state index < -0.39 is 0 Å². The zero-order chi connectivity index (χ0) is 10.1. The predicted octanol–water partition coefficient (Wildman–Crippen LogP) is 2.22. The first-order chi connectivity index (χ1) is 6.70. The maximum absolute atomic E-state index is 6.14. The molecule has 1 aliphatic rings. The predicted molar refractivity (Wildman–Crippen MR) is 57.1 cm³/mol. The van der Waals surface area contributed by atoms with E-state index in [-0.39, 0.29) is 6.04 Å². The van der Waals surface area contributed by atoms with Crippen LogP contribution in [0, 0.1) is 13.8 Å². The molecule has 76 valence electrons. The molecule has 2 rings (SSSR count). The number of rotatable bonds is 0. The average Bonchev–Trinajstić information content (AvgIpc) is 2.35. The van der Waals surface area contributed by atoms with E-state index in [1.54, 1.807) is 0 Å². The molecular formula is C12H17NO. The van der Waals surface area contributed by atoms with E-state index in [1.165, 1.54) is 22.3 Å². The van der Waals surface area contributed by atoms with Gasteiger partial charge in [-0.05, 0) is 42.5 Å². The SMILES string of the molecule is Cc1ccc2c(c1C)C(N)CCOC2. The molecule has 2 nitrogen and oxygen atoms in total. The lowest BCUT2D eigenvalue weighted by Gasteiger charge is -2.16. The summed E-state index contributed by atoms with van der Waals surface area (Å²) in [5.74, 6) is 0. The molecule has 0 fully saturated rings. The smallest absolute Gasteiger partial charge is 0.0720 e. The van der Waals surface area contributed by atoms with Gasteiger partial charge >= 0.3 is 0 Å². The van der Waals surface area contributed by atoms with Gasteiger partial charge in [0.25, 0.3) is 0 Å². The van der Waals surface area contributed by atoms with Crippen LogP contribution in [0.1, 0.15) is 34.7 Å². The Morgan fingerprint density at radius 3 is 2.93 bits per heavy atom. The summed E-state index contributed by atoms with van der Waals surface area (Å²) < 4.78 is 5.51. The van der Waals surface area contributed by atoms with Crippen LogP contribution in [0.2, 0.25) is 0 Å². The molecule has 14 heavy (non-hydrogen) atoms. The zero-order valence-electron chi connectivity index (χ0n) is 8.84. The molecule has 1 aliphatic heterocycles. The van der Waals surface area contributed by atoms with Crippen LogP contribution in [0.5, 0.6) is 0 Å². The van der Waals surface area contributed by atoms with E-state index >= 15 is 0 Å². The van der Waals surface area contributed by atoms with Gasteiger partial charge in [-0.25, -0.2) is 0 Å². The van der Waals surface area contributed by atoms with Crippen LogP contribution in [0.25, 0.3) is 0 Å². The molecular weight excluding hydrogens is 174 g/mol. The third kappa shape index (κ3) is 1.56. The monoisotopic (exact) mass is 191 g/mol. The van der Waals surface area contributed by atoms with Gasteiger partial charge in [0.15, 0.2) is 0 Å². The number of nitrogens with two attached hydrogens (primary N) is 1. The Morgan fingerprint density at radius 2 is 2.14 bits per heavy atom. The highest BCUT2D eigenvalue weighted by atomic mass is 16.5. The third-order valence-electron chi connectivity index (χ3n) is 3.08. The Bertz CT molecular complexity index is 346. The summed E-state index contributed by atoms with van der Waals surface area (Å²) >= 11 is 0. The molecule has 2 heteroatoms. The molecule has 2 N–H and O–H groups in total. The van der Waals surface area contributed by atoms with Crippen molar-refractivity contribution < 1.29 is 4.74 Å². The van der Waals surface area contributed by atoms with Crippen LogP contribution in [-0.4, -0.2) is 6.61 Å². The quantitative estimate of drug-likeness (QED) is 0.682. The van der Waals surface area contributed by atoms with Crippen molar-refractivity contribution >= 4 is 0 Å². The zero-order valence-corrected chi connectivity index (χ0v) is 8.84. The fourth-order valence-electron chi connectivity index (χ4n) is 2.07. The minimum Gasteiger partial charge on any atom is -0.377 e. The highest BCUT2D eigenvalue weighted by Crippen LogP contribution is 2.28. The molecule has 0 saturated carbocycles. The molecule has 1 aromatic carbocycles. The van der Waals surface area contributed by atoms with Crippen LogP contribution in [-0.2, 0) is 11.3 Å². The number of aryl methyl sites for hydroxylation is 1. The summed E-state index contributed by atoms with van der Waals surface area (Å²) in [6, 6.07) is 4.44. The average molecular weight is 191 g/mol. The Balaban J connectivity index is 2.54. The molecule has 0 radical (unpaired) electrons. The van der Waals surface area contributed by atoms with Crippen LogP contribution < -0.4 is 5.73 Å². The molecule has 1 atom stereocenters. The van der Waals surface area contributed by atoms with Gasteiger partial charge in [0.05, 0.1) is 6.61 Å². The Morgan fingerprint density at radius 1 is 1.36 bits per heavy atom. The summed E-state index contributed by atoms with van der Waals surface area (Å²) in [5, 5.41) is 0. The topological polar surface area (TPSA) is 35.2 Å².